The summed E-state index contributed by atoms with van der Waals surface area (Å²) in [5.41, 5.74) is 0.327. The molecule has 0 fully saturated rings. The van der Waals surface area contributed by atoms with Gasteiger partial charge >= 0.3 is 0 Å². The van der Waals surface area contributed by atoms with Gasteiger partial charge in [0.1, 0.15) is 22.9 Å². The molecule has 1 heterocycles. The number of hydrogen-bond acceptors (Lipinski definition) is 5. The number of benzene rings is 3. The summed E-state index contributed by atoms with van der Waals surface area (Å²) in [7, 11) is 2.29. The van der Waals surface area contributed by atoms with Gasteiger partial charge in [0.2, 0.25) is 0 Å². The van der Waals surface area contributed by atoms with Gasteiger partial charge in [0.05, 0.1) is 28.4 Å². The Labute approximate surface area is 217 Å². The molecular formula is C30H37N2O3P. The first kappa shape index (κ1) is 26.2. The summed E-state index contributed by atoms with van der Waals surface area (Å²) in [5, 5.41) is 2.35. The molecule has 0 spiro atoms. The van der Waals surface area contributed by atoms with Crippen molar-refractivity contribution in [3.05, 3.63) is 78.9 Å². The van der Waals surface area contributed by atoms with Crippen molar-refractivity contribution in [3.63, 3.8) is 0 Å². The lowest BCUT2D eigenvalue weighted by Crippen LogP contribution is -2.45. The number of ether oxygens (including phenoxy) is 2. The van der Waals surface area contributed by atoms with E-state index in [9.17, 15) is 0 Å². The molecule has 1 aliphatic heterocycles. The summed E-state index contributed by atoms with van der Waals surface area (Å²) in [5.74, 6) is 2.41. The van der Waals surface area contributed by atoms with Crippen molar-refractivity contribution in [2.24, 2.45) is 10.4 Å². The van der Waals surface area contributed by atoms with Gasteiger partial charge in [-0.25, -0.2) is 0 Å². The fourth-order valence-electron chi connectivity index (χ4n) is 4.29. The Morgan fingerprint density at radius 2 is 1.28 bits per heavy atom. The van der Waals surface area contributed by atoms with Crippen LogP contribution < -0.4 is 25.0 Å². The lowest BCUT2D eigenvalue weighted by molar-refractivity contribution is 0.210. The molecule has 36 heavy (non-hydrogen) atoms. The smallest absolute Gasteiger partial charge is 0.136 e. The number of aliphatic imine (C=N–C) groups is 1. The van der Waals surface area contributed by atoms with Gasteiger partial charge in [-0.1, -0.05) is 81.4 Å². The SMILES string of the molecule is COc1cc(OC)cc(N2C[C@H](C(C)(C)C)N=C2C(C)(C)OP(c2ccccc2)c2ccccc2)c1. The fourth-order valence-corrected chi connectivity index (χ4v) is 6.22. The molecule has 1 aliphatic rings. The highest BCUT2D eigenvalue weighted by molar-refractivity contribution is 7.68. The van der Waals surface area contributed by atoms with E-state index in [4.69, 9.17) is 19.0 Å². The van der Waals surface area contributed by atoms with Gasteiger partial charge < -0.3 is 18.9 Å². The molecule has 190 valence electrons. The van der Waals surface area contributed by atoms with Crippen LogP contribution in [0.3, 0.4) is 0 Å². The molecule has 0 N–H and O–H groups in total. The largest absolute Gasteiger partial charge is 0.497 e. The van der Waals surface area contributed by atoms with Crippen molar-refractivity contribution in [3.8, 4) is 11.5 Å². The van der Waals surface area contributed by atoms with E-state index in [2.05, 4.69) is 88.0 Å². The van der Waals surface area contributed by atoms with Crippen molar-refractivity contribution in [2.45, 2.75) is 46.3 Å². The van der Waals surface area contributed by atoms with E-state index in [1.54, 1.807) is 14.2 Å². The van der Waals surface area contributed by atoms with Gasteiger partial charge in [-0.2, -0.15) is 0 Å². The molecule has 0 amide bonds. The van der Waals surface area contributed by atoms with Crippen LogP contribution in [0.25, 0.3) is 0 Å². The summed E-state index contributed by atoms with van der Waals surface area (Å²) in [6.45, 7) is 11.7. The minimum absolute atomic E-state index is 0.00261. The maximum Gasteiger partial charge on any atom is 0.136 e. The summed E-state index contributed by atoms with van der Waals surface area (Å²) in [6, 6.07) is 27.0. The molecule has 6 heteroatoms. The molecular weight excluding hydrogens is 467 g/mol. The first-order valence-corrected chi connectivity index (χ1v) is 13.6. The number of nitrogens with zero attached hydrogens (tertiary/aromatic N) is 2. The minimum Gasteiger partial charge on any atom is -0.497 e. The van der Waals surface area contributed by atoms with Crippen LogP contribution in [0.1, 0.15) is 34.6 Å². The number of anilines is 1. The molecule has 0 saturated carbocycles. The predicted molar refractivity (Wildman–Crippen MR) is 152 cm³/mol. The summed E-state index contributed by atoms with van der Waals surface area (Å²) < 4.78 is 18.2. The van der Waals surface area contributed by atoms with E-state index in [0.29, 0.717) is 0 Å². The lowest BCUT2D eigenvalue weighted by atomic mass is 9.87. The van der Waals surface area contributed by atoms with Gasteiger partial charge in [0.15, 0.2) is 0 Å². The quantitative estimate of drug-likeness (QED) is 0.344. The Balaban J connectivity index is 1.77. The molecule has 0 saturated heterocycles. The molecule has 0 unspecified atom stereocenters. The standard InChI is InChI=1S/C30H37N2O3P/c1-29(2,3)27-21-32(22-18-23(33-6)20-24(19-22)34-7)28(31-27)30(4,5)35-36(25-14-10-8-11-15-25)26-16-12-9-13-17-26/h8-20,27H,21H2,1-7H3/t27-/m1/s1. The first-order valence-electron chi connectivity index (χ1n) is 12.3. The zero-order valence-electron chi connectivity index (χ0n) is 22.4. The minimum atomic E-state index is -1.06. The Hall–Kier alpha value is -2.88. The van der Waals surface area contributed by atoms with Gasteiger partial charge in [-0.3, -0.25) is 4.99 Å². The Morgan fingerprint density at radius 1 is 0.778 bits per heavy atom. The second-order valence-corrected chi connectivity index (χ2v) is 12.4. The summed E-state index contributed by atoms with van der Waals surface area (Å²) >= 11 is 0. The molecule has 0 bridgehead atoms. The first-order chi connectivity index (χ1) is 17.1. The van der Waals surface area contributed by atoms with E-state index in [1.165, 1.54) is 10.6 Å². The maximum absolute atomic E-state index is 7.05. The van der Waals surface area contributed by atoms with Gasteiger partial charge in [0, 0.05) is 41.0 Å². The van der Waals surface area contributed by atoms with Crippen molar-refractivity contribution in [1.29, 1.82) is 0 Å². The van der Waals surface area contributed by atoms with Crippen molar-refractivity contribution in [2.75, 3.05) is 25.7 Å². The van der Waals surface area contributed by atoms with E-state index in [0.717, 1.165) is 29.6 Å². The van der Waals surface area contributed by atoms with E-state index < -0.39 is 13.7 Å². The van der Waals surface area contributed by atoms with Crippen molar-refractivity contribution < 1.29 is 14.0 Å². The average molecular weight is 505 g/mol. The molecule has 1 atom stereocenters. The second-order valence-electron chi connectivity index (χ2n) is 10.6. The third kappa shape index (κ3) is 5.74. The number of amidine groups is 1. The van der Waals surface area contributed by atoms with E-state index >= 15 is 0 Å². The third-order valence-electron chi connectivity index (χ3n) is 6.38. The zero-order valence-corrected chi connectivity index (χ0v) is 23.3. The van der Waals surface area contributed by atoms with Crippen LogP contribution in [0.2, 0.25) is 0 Å². The summed E-state index contributed by atoms with van der Waals surface area (Å²) in [6.07, 6.45) is 0. The van der Waals surface area contributed by atoms with Crippen molar-refractivity contribution >= 4 is 30.3 Å². The van der Waals surface area contributed by atoms with Gasteiger partial charge in [-0.05, 0) is 19.3 Å². The summed E-state index contributed by atoms with van der Waals surface area (Å²) in [4.78, 5) is 7.55. The highest BCUT2D eigenvalue weighted by Crippen LogP contribution is 2.43. The second kappa shape index (κ2) is 10.6. The van der Waals surface area contributed by atoms with Crippen molar-refractivity contribution in [1.82, 2.24) is 0 Å². The van der Waals surface area contributed by atoms with Crippen LogP contribution in [-0.2, 0) is 4.52 Å². The van der Waals surface area contributed by atoms with Gasteiger partial charge in [0.25, 0.3) is 0 Å². The molecule has 0 radical (unpaired) electrons. The molecule has 0 aliphatic carbocycles. The average Bonchev–Trinajstić information content (AvgIpc) is 3.36. The van der Waals surface area contributed by atoms with E-state index in [1.807, 2.05) is 30.3 Å². The third-order valence-corrected chi connectivity index (χ3v) is 8.55. The number of hydrogen-bond donors (Lipinski definition) is 0. The monoisotopic (exact) mass is 504 g/mol. The molecule has 3 aromatic carbocycles. The van der Waals surface area contributed by atoms with Crippen LogP contribution in [0.4, 0.5) is 5.69 Å². The van der Waals surface area contributed by atoms with Crippen LogP contribution in [0.5, 0.6) is 11.5 Å². The van der Waals surface area contributed by atoms with E-state index in [-0.39, 0.29) is 11.5 Å². The van der Waals surface area contributed by atoms with Crippen LogP contribution in [0, 0.1) is 5.41 Å². The van der Waals surface area contributed by atoms with Crippen LogP contribution in [-0.4, -0.2) is 38.2 Å². The Morgan fingerprint density at radius 3 is 1.72 bits per heavy atom. The molecule has 3 aromatic rings. The Bertz CT molecular complexity index is 1130. The van der Waals surface area contributed by atoms with Crippen LogP contribution in [0.15, 0.2) is 83.9 Å². The van der Waals surface area contributed by atoms with Gasteiger partial charge in [-0.15, -0.1) is 0 Å². The zero-order chi connectivity index (χ0) is 25.9. The molecule has 5 nitrogen and oxygen atoms in total. The van der Waals surface area contributed by atoms with Crippen LogP contribution >= 0.6 is 8.15 Å². The predicted octanol–water partition coefficient (Wildman–Crippen LogP) is 6.18. The highest BCUT2D eigenvalue weighted by atomic mass is 31.1. The number of methoxy groups -OCH3 is 2. The Kier molecular flexibility index (Phi) is 7.73. The fraction of sp³-hybridized carbons (Fsp3) is 0.367. The topological polar surface area (TPSA) is 43.3 Å². The maximum atomic E-state index is 7.05. The number of rotatable bonds is 8. The lowest BCUT2D eigenvalue weighted by Gasteiger charge is -2.35. The normalized spacial score (nSPS) is 16.3. The highest BCUT2D eigenvalue weighted by Gasteiger charge is 2.42. The molecule has 0 aromatic heterocycles. The molecule has 4 rings (SSSR count).